The van der Waals surface area contributed by atoms with Gasteiger partial charge in [-0.15, -0.1) is 0 Å². The lowest BCUT2D eigenvalue weighted by Crippen LogP contribution is -2.45. The second-order valence-corrected chi connectivity index (χ2v) is 21.6. The van der Waals surface area contributed by atoms with Gasteiger partial charge in [-0.1, -0.05) is 74.5 Å². The number of carbonyl (C=O) groups excluding carboxylic acids is 3. The van der Waals surface area contributed by atoms with Crippen molar-refractivity contribution in [3.05, 3.63) is 103 Å². The first-order valence-corrected chi connectivity index (χ1v) is 28.3. The van der Waals surface area contributed by atoms with Gasteiger partial charge in [0, 0.05) is 89.3 Å². The summed E-state index contributed by atoms with van der Waals surface area (Å²) in [5.74, 6) is 1.19. The first-order chi connectivity index (χ1) is 39.4. The Hall–Kier alpha value is -8.00. The Bertz CT molecular complexity index is 3280. The number of hydrogen-bond acceptors (Lipinski definition) is 18. The number of fused-ring (bicyclic) bond motifs is 2. The number of rotatable bonds is 20. The van der Waals surface area contributed by atoms with E-state index in [1.54, 1.807) is 46.9 Å². The standard InChI is InChI=1S/C56H72N18O7/c1-4-42(75)64-38-23-40(48(79)46(38)77)73-31-61-45-51(66-54(68-52(45)73)57-20-17-34-26-70(6-3)29-59-34)62-35-19-22-72(28-35)56(81)63-36-18-21-71(27-36)55-67-50(58-25-37(32-13-9-7-10-14-32)33-15-11-8-12-16-33)44-53(69-55)74(30-60-44)41-24-39(47(78)49(41)80)65-43(76)5-2/h7-16,26,29-31,35-41,46-49,77-80H,4-6,17-25,27-28H2,1-3H3,(H,63,81)(H,64,75)(H,65,76)(H,58,67,69)(H2,57,62,66,68)/t35-,36-,38+,39+,40-,41-,46-,47-,48+,49+/m1/s1. The van der Waals surface area contributed by atoms with E-state index < -0.39 is 48.6 Å². The van der Waals surface area contributed by atoms with Crippen LogP contribution < -0.4 is 36.8 Å². The second kappa shape index (κ2) is 24.0. The molecule has 10 atom stereocenters. The molecule has 25 nitrogen and oxygen atoms in total. The van der Waals surface area contributed by atoms with Crippen molar-refractivity contribution in [3.8, 4) is 0 Å². The molecule has 2 aromatic carbocycles. The van der Waals surface area contributed by atoms with Gasteiger partial charge < -0.3 is 75.8 Å². The fraction of sp³-hybridized carbons (Fsp3) is 0.500. The summed E-state index contributed by atoms with van der Waals surface area (Å²) in [4.78, 5) is 76.6. The summed E-state index contributed by atoms with van der Waals surface area (Å²) in [5, 5.41) is 64.3. The van der Waals surface area contributed by atoms with Crippen LogP contribution in [0.1, 0.15) is 94.1 Å². The third kappa shape index (κ3) is 11.7. The van der Waals surface area contributed by atoms with Crippen molar-refractivity contribution in [2.24, 2.45) is 0 Å². The Morgan fingerprint density at radius 3 is 1.85 bits per heavy atom. The third-order valence-corrected chi connectivity index (χ3v) is 16.4. The van der Waals surface area contributed by atoms with Gasteiger partial charge in [0.2, 0.25) is 23.7 Å². The van der Waals surface area contributed by atoms with Crippen LogP contribution in [0, 0.1) is 0 Å². The Morgan fingerprint density at radius 2 is 1.25 bits per heavy atom. The van der Waals surface area contributed by atoms with Crippen LogP contribution in [0.15, 0.2) is 85.8 Å². The average molecular weight is 1110 g/mol. The Labute approximate surface area is 468 Å². The molecule has 7 aromatic rings. The van der Waals surface area contributed by atoms with Crippen molar-refractivity contribution in [1.29, 1.82) is 0 Å². The van der Waals surface area contributed by atoms with E-state index in [-0.39, 0.29) is 61.5 Å². The number of benzene rings is 2. The van der Waals surface area contributed by atoms with Crippen molar-refractivity contribution in [2.75, 3.05) is 60.1 Å². The predicted octanol–water partition coefficient (Wildman–Crippen LogP) is 2.68. The summed E-state index contributed by atoms with van der Waals surface area (Å²) >= 11 is 0. The van der Waals surface area contributed by atoms with Crippen LogP contribution in [0.25, 0.3) is 22.3 Å². The van der Waals surface area contributed by atoms with E-state index in [1.165, 1.54) is 0 Å². The quantitative estimate of drug-likeness (QED) is 0.0525. The molecule has 0 bridgehead atoms. The maximum absolute atomic E-state index is 14.1. The summed E-state index contributed by atoms with van der Waals surface area (Å²) in [7, 11) is 0. The van der Waals surface area contributed by atoms with Crippen molar-refractivity contribution in [3.63, 3.8) is 0 Å². The lowest BCUT2D eigenvalue weighted by molar-refractivity contribution is -0.123. The number of likely N-dealkylation sites (tertiary alicyclic amines) is 1. The van der Waals surface area contributed by atoms with E-state index in [1.807, 2.05) is 52.1 Å². The van der Waals surface area contributed by atoms with Crippen molar-refractivity contribution < 1.29 is 34.8 Å². The average Bonchev–Trinajstić information content (AvgIpc) is 4.47. The normalized spacial score (nSPS) is 24.6. The molecule has 25 heteroatoms. The molecule has 0 spiro atoms. The van der Waals surface area contributed by atoms with E-state index >= 15 is 0 Å². The van der Waals surface area contributed by atoms with Crippen LogP contribution in [0.4, 0.5) is 28.3 Å². The SMILES string of the molecule is CCC(=O)N[C@H]1C[C@@H](n2cnc3c(NCC(c4ccccc4)c4ccccc4)nc(N4CC[C@@H](NC(=O)N5CC[C@@H](Nc6nc(NCCc7cn(CC)cn7)nc7c6ncn7[C@@H]6C[C@H](NC(=O)CC)[C@@H](O)[C@H]6O)C5)C4)nc32)[C@H](O)[C@@H]1O. The van der Waals surface area contributed by atoms with Crippen molar-refractivity contribution in [1.82, 2.24) is 69.4 Å². The summed E-state index contributed by atoms with van der Waals surface area (Å²) in [6, 6.07) is 17.2. The largest absolute Gasteiger partial charge is 0.388 e. The number of aliphatic hydroxyl groups is 4. The van der Waals surface area contributed by atoms with Gasteiger partial charge in [0.25, 0.3) is 0 Å². The number of aliphatic hydroxyl groups excluding tert-OH is 4. The molecular formula is C56H72N18O7. The highest BCUT2D eigenvalue weighted by atomic mass is 16.3. The molecule has 7 heterocycles. The van der Waals surface area contributed by atoms with E-state index in [4.69, 9.17) is 29.9 Å². The topological polar surface area (TPSA) is 316 Å². The van der Waals surface area contributed by atoms with Gasteiger partial charge in [0.1, 0.15) is 24.4 Å². The zero-order valence-corrected chi connectivity index (χ0v) is 45.7. The summed E-state index contributed by atoms with van der Waals surface area (Å²) in [5.41, 5.74) is 4.98. The molecule has 11 rings (SSSR count). The maximum atomic E-state index is 14.1. The van der Waals surface area contributed by atoms with Crippen LogP contribution >= 0.6 is 0 Å². The van der Waals surface area contributed by atoms with Gasteiger partial charge in [0.05, 0.1) is 48.8 Å². The molecule has 2 aliphatic heterocycles. The van der Waals surface area contributed by atoms with Gasteiger partial charge in [-0.2, -0.15) is 19.9 Å². The van der Waals surface area contributed by atoms with Gasteiger partial charge in [-0.3, -0.25) is 9.59 Å². The predicted molar refractivity (Wildman–Crippen MR) is 302 cm³/mol. The number of anilines is 4. The van der Waals surface area contributed by atoms with E-state index in [0.717, 1.165) is 23.4 Å². The van der Waals surface area contributed by atoms with Gasteiger partial charge in [-0.25, -0.2) is 19.7 Å². The van der Waals surface area contributed by atoms with Crippen molar-refractivity contribution >= 4 is 63.7 Å². The highest BCUT2D eigenvalue weighted by molar-refractivity contribution is 5.86. The first-order valence-electron chi connectivity index (χ1n) is 28.3. The molecule has 10 N–H and O–H groups in total. The zero-order chi connectivity index (χ0) is 56.3. The number of aryl methyl sites for hydroxylation is 1. The summed E-state index contributed by atoms with van der Waals surface area (Å²) in [6.45, 7) is 9.10. The van der Waals surface area contributed by atoms with Crippen molar-refractivity contribution in [2.45, 2.75) is 139 Å². The van der Waals surface area contributed by atoms with E-state index in [9.17, 15) is 34.8 Å². The van der Waals surface area contributed by atoms with Crippen LogP contribution in [-0.2, 0) is 22.6 Å². The number of urea groups is 1. The molecule has 428 valence electrons. The second-order valence-electron chi connectivity index (χ2n) is 21.6. The van der Waals surface area contributed by atoms with E-state index in [2.05, 4.69) is 68.1 Å². The Balaban J connectivity index is 0.795. The maximum Gasteiger partial charge on any atom is 0.317 e. The molecule has 2 saturated heterocycles. The lowest BCUT2D eigenvalue weighted by atomic mass is 9.91. The molecule has 2 aliphatic carbocycles. The Kier molecular flexibility index (Phi) is 16.3. The number of nitrogens with zero attached hydrogens (tertiary/aromatic N) is 12. The summed E-state index contributed by atoms with van der Waals surface area (Å²) in [6.07, 6.45) is 5.06. The fourth-order valence-corrected chi connectivity index (χ4v) is 11.8. The number of aromatic nitrogens is 10. The number of nitrogens with one attached hydrogen (secondary N) is 6. The number of imidazole rings is 3. The molecule has 0 radical (unpaired) electrons. The minimum absolute atomic E-state index is 0.0406. The first kappa shape index (κ1) is 54.9. The molecular weight excluding hydrogens is 1040 g/mol. The molecule has 0 unspecified atom stereocenters. The van der Waals surface area contributed by atoms with Crippen LogP contribution in [0.3, 0.4) is 0 Å². The molecule has 4 amide bonds. The minimum Gasteiger partial charge on any atom is -0.388 e. The van der Waals surface area contributed by atoms with Crippen LogP contribution in [-0.4, -0.2) is 180 Å². The van der Waals surface area contributed by atoms with Crippen LogP contribution in [0.5, 0.6) is 0 Å². The third-order valence-electron chi connectivity index (χ3n) is 16.4. The molecule has 2 saturated carbocycles. The van der Waals surface area contributed by atoms with Gasteiger partial charge in [0.15, 0.2) is 34.0 Å². The smallest absolute Gasteiger partial charge is 0.317 e. The highest BCUT2D eigenvalue weighted by Gasteiger charge is 2.45. The summed E-state index contributed by atoms with van der Waals surface area (Å²) < 4.78 is 5.51. The molecule has 81 heavy (non-hydrogen) atoms. The van der Waals surface area contributed by atoms with Gasteiger partial charge in [-0.05, 0) is 43.7 Å². The Morgan fingerprint density at radius 1 is 0.642 bits per heavy atom. The van der Waals surface area contributed by atoms with Gasteiger partial charge >= 0.3 is 6.03 Å². The van der Waals surface area contributed by atoms with E-state index in [0.29, 0.717) is 104 Å². The molecule has 5 aromatic heterocycles. The monoisotopic (exact) mass is 1110 g/mol. The molecule has 4 aliphatic rings. The zero-order valence-electron chi connectivity index (χ0n) is 45.7. The lowest BCUT2D eigenvalue weighted by Gasteiger charge is -2.23. The highest BCUT2D eigenvalue weighted by Crippen LogP contribution is 2.37. The number of amides is 4. The molecule has 4 fully saturated rings. The minimum atomic E-state index is -1.21. The fourth-order valence-electron chi connectivity index (χ4n) is 11.8. The number of hydrogen-bond donors (Lipinski definition) is 10. The number of carbonyl (C=O) groups is 3. The van der Waals surface area contributed by atoms with Crippen LogP contribution in [0.2, 0.25) is 0 Å².